The number of rotatable bonds is 4. The van der Waals surface area contributed by atoms with E-state index in [1.165, 1.54) is 11.3 Å². The van der Waals surface area contributed by atoms with E-state index in [-0.39, 0.29) is 6.42 Å². The van der Waals surface area contributed by atoms with Crippen molar-refractivity contribution in [2.75, 3.05) is 0 Å². The molecule has 0 amide bonds. The Bertz CT molecular complexity index is 720. The predicted molar refractivity (Wildman–Crippen MR) is 74.4 cm³/mol. The zero-order valence-corrected chi connectivity index (χ0v) is 11.1. The van der Waals surface area contributed by atoms with Gasteiger partial charge in [-0.15, -0.1) is 11.3 Å². The van der Waals surface area contributed by atoms with Gasteiger partial charge >= 0.3 is 5.97 Å². The SMILES string of the molecule is O=C(O)Cc1sc(-c2ccncc2)nc1-c1ccco1. The highest BCUT2D eigenvalue weighted by Crippen LogP contribution is 2.34. The molecule has 3 aromatic rings. The largest absolute Gasteiger partial charge is 0.481 e. The van der Waals surface area contributed by atoms with Crippen molar-refractivity contribution in [2.45, 2.75) is 6.42 Å². The fourth-order valence-corrected chi connectivity index (χ4v) is 2.90. The van der Waals surface area contributed by atoms with Gasteiger partial charge in [0.15, 0.2) is 5.76 Å². The fraction of sp³-hybridized carbons (Fsp3) is 0.0714. The fourth-order valence-electron chi connectivity index (χ4n) is 1.83. The molecule has 1 N–H and O–H groups in total. The molecule has 0 aromatic carbocycles. The van der Waals surface area contributed by atoms with Gasteiger partial charge in [0.25, 0.3) is 0 Å². The molecule has 0 unspecified atom stereocenters. The first kappa shape index (κ1) is 12.6. The first-order valence-electron chi connectivity index (χ1n) is 5.90. The molecule has 0 saturated carbocycles. The van der Waals surface area contributed by atoms with Crippen LogP contribution in [0.25, 0.3) is 22.0 Å². The third kappa shape index (κ3) is 2.46. The summed E-state index contributed by atoms with van der Waals surface area (Å²) < 4.78 is 5.33. The molecule has 0 aliphatic rings. The van der Waals surface area contributed by atoms with Crippen LogP contribution in [0.5, 0.6) is 0 Å². The quantitative estimate of drug-likeness (QED) is 0.797. The monoisotopic (exact) mass is 286 g/mol. The summed E-state index contributed by atoms with van der Waals surface area (Å²) >= 11 is 1.36. The third-order valence-electron chi connectivity index (χ3n) is 2.69. The van der Waals surface area contributed by atoms with Crippen molar-refractivity contribution in [1.82, 2.24) is 9.97 Å². The molecule has 6 heteroatoms. The lowest BCUT2D eigenvalue weighted by Crippen LogP contribution is -1.99. The summed E-state index contributed by atoms with van der Waals surface area (Å²) in [6.45, 7) is 0. The first-order chi connectivity index (χ1) is 9.74. The molecular formula is C14H10N2O3S. The van der Waals surface area contributed by atoms with Gasteiger partial charge in [0.2, 0.25) is 0 Å². The number of thiazole rings is 1. The molecule has 0 fully saturated rings. The molecule has 20 heavy (non-hydrogen) atoms. The van der Waals surface area contributed by atoms with E-state index in [2.05, 4.69) is 9.97 Å². The van der Waals surface area contributed by atoms with Gasteiger partial charge in [0.05, 0.1) is 12.7 Å². The molecule has 3 heterocycles. The summed E-state index contributed by atoms with van der Waals surface area (Å²) in [5.74, 6) is -0.305. The second-order valence-corrected chi connectivity index (χ2v) is 5.16. The van der Waals surface area contributed by atoms with E-state index in [9.17, 15) is 4.79 Å². The van der Waals surface area contributed by atoms with Crippen molar-refractivity contribution in [3.05, 3.63) is 47.8 Å². The lowest BCUT2D eigenvalue weighted by atomic mass is 10.2. The number of nitrogens with zero attached hydrogens (tertiary/aromatic N) is 2. The molecule has 0 atom stereocenters. The molecule has 3 aromatic heterocycles. The van der Waals surface area contributed by atoms with E-state index in [0.717, 1.165) is 10.6 Å². The van der Waals surface area contributed by atoms with Crippen LogP contribution in [-0.2, 0) is 11.2 Å². The van der Waals surface area contributed by atoms with Crippen LogP contribution >= 0.6 is 11.3 Å². The summed E-state index contributed by atoms with van der Waals surface area (Å²) in [6, 6.07) is 7.21. The topological polar surface area (TPSA) is 76.2 Å². The molecule has 0 bridgehead atoms. The van der Waals surface area contributed by atoms with Crippen LogP contribution in [0.4, 0.5) is 0 Å². The van der Waals surface area contributed by atoms with Crippen molar-refractivity contribution in [2.24, 2.45) is 0 Å². The summed E-state index contributed by atoms with van der Waals surface area (Å²) in [5, 5.41) is 9.77. The molecule has 5 nitrogen and oxygen atoms in total. The third-order valence-corrected chi connectivity index (χ3v) is 3.80. The van der Waals surface area contributed by atoms with Crippen molar-refractivity contribution < 1.29 is 14.3 Å². The number of carboxylic acids is 1. The predicted octanol–water partition coefficient (Wildman–Crippen LogP) is 3.09. The first-order valence-corrected chi connectivity index (χ1v) is 6.71. The van der Waals surface area contributed by atoms with Gasteiger partial charge in [0.1, 0.15) is 10.7 Å². The van der Waals surface area contributed by atoms with E-state index < -0.39 is 5.97 Å². The highest BCUT2D eigenvalue weighted by atomic mass is 32.1. The normalized spacial score (nSPS) is 10.6. The highest BCUT2D eigenvalue weighted by molar-refractivity contribution is 7.15. The maximum atomic E-state index is 11.0. The highest BCUT2D eigenvalue weighted by Gasteiger charge is 2.18. The van der Waals surface area contributed by atoms with Crippen molar-refractivity contribution in [1.29, 1.82) is 0 Å². The Morgan fingerprint density at radius 2 is 2.10 bits per heavy atom. The van der Waals surface area contributed by atoms with Crippen LogP contribution in [0, 0.1) is 0 Å². The minimum atomic E-state index is -0.886. The standard InChI is InChI=1S/C14H10N2O3S/c17-12(18)8-11-13(10-2-1-7-19-10)16-14(20-11)9-3-5-15-6-4-9/h1-7H,8H2,(H,17,18). The van der Waals surface area contributed by atoms with Crippen LogP contribution in [-0.4, -0.2) is 21.0 Å². The molecule has 3 rings (SSSR count). The maximum Gasteiger partial charge on any atom is 0.308 e. The van der Waals surface area contributed by atoms with E-state index in [0.29, 0.717) is 16.3 Å². The van der Waals surface area contributed by atoms with Gasteiger partial charge in [-0.25, -0.2) is 4.98 Å². The van der Waals surface area contributed by atoms with E-state index >= 15 is 0 Å². The number of carbonyl (C=O) groups is 1. The number of furan rings is 1. The molecule has 100 valence electrons. The van der Waals surface area contributed by atoms with Crippen molar-refractivity contribution >= 4 is 17.3 Å². The average molecular weight is 286 g/mol. The second kappa shape index (κ2) is 5.26. The minimum absolute atomic E-state index is 0.0707. The van der Waals surface area contributed by atoms with E-state index in [1.807, 2.05) is 12.1 Å². The summed E-state index contributed by atoms with van der Waals surface area (Å²) in [7, 11) is 0. The van der Waals surface area contributed by atoms with E-state index in [4.69, 9.17) is 9.52 Å². The molecule has 0 saturated heterocycles. The van der Waals surface area contributed by atoms with Crippen molar-refractivity contribution in [3.63, 3.8) is 0 Å². The number of aromatic nitrogens is 2. The lowest BCUT2D eigenvalue weighted by molar-refractivity contribution is -0.136. The van der Waals surface area contributed by atoms with Gasteiger partial charge in [-0.2, -0.15) is 0 Å². The Morgan fingerprint density at radius 3 is 2.75 bits per heavy atom. The van der Waals surface area contributed by atoms with Gasteiger partial charge in [0, 0.05) is 22.8 Å². The minimum Gasteiger partial charge on any atom is -0.481 e. The Labute approximate surface area is 118 Å². The molecular weight excluding hydrogens is 276 g/mol. The molecule has 0 aliphatic heterocycles. The number of pyridine rings is 1. The zero-order valence-electron chi connectivity index (χ0n) is 10.3. The average Bonchev–Trinajstić information content (AvgIpc) is 3.08. The van der Waals surface area contributed by atoms with Crippen molar-refractivity contribution in [3.8, 4) is 22.0 Å². The van der Waals surface area contributed by atoms with Crippen LogP contribution in [0.1, 0.15) is 4.88 Å². The zero-order chi connectivity index (χ0) is 13.9. The lowest BCUT2D eigenvalue weighted by Gasteiger charge is -1.94. The summed E-state index contributed by atoms with van der Waals surface area (Å²) in [4.78, 5) is 20.1. The summed E-state index contributed by atoms with van der Waals surface area (Å²) in [6.07, 6.45) is 4.84. The van der Waals surface area contributed by atoms with Crippen LogP contribution < -0.4 is 0 Å². The van der Waals surface area contributed by atoms with Crippen LogP contribution in [0.2, 0.25) is 0 Å². The van der Waals surface area contributed by atoms with Gasteiger partial charge in [-0.1, -0.05) is 0 Å². The van der Waals surface area contributed by atoms with Gasteiger partial charge < -0.3 is 9.52 Å². The Balaban J connectivity index is 2.08. The number of hydrogen-bond acceptors (Lipinski definition) is 5. The molecule has 0 spiro atoms. The Kier molecular flexibility index (Phi) is 3.30. The number of carboxylic acid groups (broad SMARTS) is 1. The second-order valence-electron chi connectivity index (χ2n) is 4.07. The Hall–Kier alpha value is -2.47. The van der Waals surface area contributed by atoms with Gasteiger partial charge in [-0.05, 0) is 24.3 Å². The number of aliphatic carboxylic acids is 1. The van der Waals surface area contributed by atoms with Crippen LogP contribution in [0.15, 0.2) is 47.3 Å². The van der Waals surface area contributed by atoms with Crippen LogP contribution in [0.3, 0.4) is 0 Å². The summed E-state index contributed by atoms with van der Waals surface area (Å²) in [5.41, 5.74) is 1.50. The van der Waals surface area contributed by atoms with Gasteiger partial charge in [-0.3, -0.25) is 9.78 Å². The smallest absolute Gasteiger partial charge is 0.308 e. The molecule has 0 radical (unpaired) electrons. The maximum absolute atomic E-state index is 11.0. The Morgan fingerprint density at radius 1 is 1.30 bits per heavy atom. The number of hydrogen-bond donors (Lipinski definition) is 1. The van der Waals surface area contributed by atoms with E-state index in [1.54, 1.807) is 30.8 Å². The molecule has 0 aliphatic carbocycles.